The van der Waals surface area contributed by atoms with Gasteiger partial charge in [0.1, 0.15) is 0 Å². The summed E-state index contributed by atoms with van der Waals surface area (Å²) in [6.07, 6.45) is 1.29. The minimum Gasteiger partial charge on any atom is -0.269 e. The minimum absolute atomic E-state index is 0.217. The van der Waals surface area contributed by atoms with Gasteiger partial charge in [-0.15, -0.1) is 0 Å². The van der Waals surface area contributed by atoms with Crippen LogP contribution in [0, 0.1) is 18.8 Å². The zero-order valence-electron chi connectivity index (χ0n) is 12.0. The van der Waals surface area contributed by atoms with Gasteiger partial charge in [-0.3, -0.25) is 9.59 Å². The average molecular weight is 287 g/mol. The van der Waals surface area contributed by atoms with E-state index in [0.717, 1.165) is 16.0 Å². The molecule has 0 aliphatic carbocycles. The fourth-order valence-electron chi connectivity index (χ4n) is 2.16. The van der Waals surface area contributed by atoms with Crippen LogP contribution in [0.3, 0.4) is 0 Å². The molecule has 0 saturated heterocycles. The van der Waals surface area contributed by atoms with Crippen molar-refractivity contribution in [2.75, 3.05) is 4.90 Å². The van der Waals surface area contributed by atoms with Gasteiger partial charge < -0.3 is 0 Å². The predicted octanol–water partition coefficient (Wildman–Crippen LogP) is 2.85. The number of imide groups is 1. The van der Waals surface area contributed by atoms with E-state index in [1.54, 1.807) is 12.1 Å². The Kier molecular flexibility index (Phi) is 3.59. The van der Waals surface area contributed by atoms with E-state index in [2.05, 4.69) is 11.8 Å². The molecule has 1 heterocycles. The van der Waals surface area contributed by atoms with Crippen LogP contribution in [-0.4, -0.2) is 11.8 Å². The highest BCUT2D eigenvalue weighted by Crippen LogP contribution is 2.22. The van der Waals surface area contributed by atoms with Crippen molar-refractivity contribution in [1.29, 1.82) is 0 Å². The molecule has 22 heavy (non-hydrogen) atoms. The van der Waals surface area contributed by atoms with E-state index in [4.69, 9.17) is 0 Å². The Morgan fingerprint density at radius 1 is 0.864 bits per heavy atom. The fraction of sp³-hybridized carbons (Fsp3) is 0.0526. The van der Waals surface area contributed by atoms with Crippen molar-refractivity contribution in [2.45, 2.75) is 6.92 Å². The van der Waals surface area contributed by atoms with E-state index in [-0.39, 0.29) is 17.4 Å². The molecule has 0 unspecified atom stereocenters. The average Bonchev–Trinajstić information content (AvgIpc) is 2.82. The summed E-state index contributed by atoms with van der Waals surface area (Å²) in [5, 5.41) is 0. The maximum Gasteiger partial charge on any atom is 0.274 e. The number of hydrogen-bond acceptors (Lipinski definition) is 2. The van der Waals surface area contributed by atoms with Crippen molar-refractivity contribution < 1.29 is 9.59 Å². The second-order valence-electron chi connectivity index (χ2n) is 4.99. The third-order valence-electron chi connectivity index (χ3n) is 3.33. The summed E-state index contributed by atoms with van der Waals surface area (Å²) in [5.74, 6) is 4.96. The number of carbonyl (C=O) groups excluding carboxylic acids is 2. The van der Waals surface area contributed by atoms with Crippen LogP contribution in [0.5, 0.6) is 0 Å². The molecule has 2 aromatic carbocycles. The standard InChI is InChI=1S/C19H13NO2/c1-14-7-11-17(12-8-14)20-18(21)13-16(19(20)22)10-9-15-5-3-2-4-6-15/h2-8,11-13H,1H3. The van der Waals surface area contributed by atoms with E-state index in [9.17, 15) is 9.59 Å². The molecule has 0 fully saturated rings. The summed E-state index contributed by atoms with van der Waals surface area (Å²) in [7, 11) is 0. The van der Waals surface area contributed by atoms with Crippen LogP contribution in [0.25, 0.3) is 0 Å². The molecule has 2 amide bonds. The lowest BCUT2D eigenvalue weighted by atomic mass is 10.2. The SMILES string of the molecule is Cc1ccc(N2C(=O)C=C(C#Cc3ccccc3)C2=O)cc1. The third-order valence-corrected chi connectivity index (χ3v) is 3.33. The molecular formula is C19H13NO2. The maximum absolute atomic E-state index is 12.4. The first kappa shape index (κ1) is 13.8. The number of benzene rings is 2. The number of carbonyl (C=O) groups is 2. The Balaban J connectivity index is 1.86. The lowest BCUT2D eigenvalue weighted by Gasteiger charge is -2.14. The van der Waals surface area contributed by atoms with Crippen molar-refractivity contribution >= 4 is 17.5 Å². The quantitative estimate of drug-likeness (QED) is 0.597. The van der Waals surface area contributed by atoms with Gasteiger partial charge in [0.15, 0.2) is 0 Å². The summed E-state index contributed by atoms with van der Waals surface area (Å²) in [6.45, 7) is 1.95. The second-order valence-corrected chi connectivity index (χ2v) is 4.99. The minimum atomic E-state index is -0.378. The van der Waals surface area contributed by atoms with Gasteiger partial charge in [-0.1, -0.05) is 47.7 Å². The lowest BCUT2D eigenvalue weighted by Crippen LogP contribution is -2.30. The van der Waals surface area contributed by atoms with Crippen LogP contribution in [-0.2, 0) is 9.59 Å². The van der Waals surface area contributed by atoms with Crippen LogP contribution in [0.4, 0.5) is 5.69 Å². The van der Waals surface area contributed by atoms with Crippen molar-refractivity contribution in [1.82, 2.24) is 0 Å². The Bertz CT molecular complexity index is 821. The fourth-order valence-corrected chi connectivity index (χ4v) is 2.16. The van der Waals surface area contributed by atoms with Crippen molar-refractivity contribution in [3.8, 4) is 11.8 Å². The molecule has 3 heteroatoms. The largest absolute Gasteiger partial charge is 0.274 e. The van der Waals surface area contributed by atoms with E-state index in [1.165, 1.54) is 6.08 Å². The number of hydrogen-bond donors (Lipinski definition) is 0. The number of amides is 2. The van der Waals surface area contributed by atoms with Gasteiger partial charge in [-0.2, -0.15) is 0 Å². The van der Waals surface area contributed by atoms with Gasteiger partial charge in [0, 0.05) is 11.6 Å². The molecule has 0 N–H and O–H groups in total. The third kappa shape index (κ3) is 2.68. The van der Waals surface area contributed by atoms with E-state index in [0.29, 0.717) is 5.69 Å². The predicted molar refractivity (Wildman–Crippen MR) is 85.1 cm³/mol. The van der Waals surface area contributed by atoms with Gasteiger partial charge in [0.25, 0.3) is 11.8 Å². The molecule has 0 saturated carbocycles. The Hall–Kier alpha value is -3.12. The summed E-state index contributed by atoms with van der Waals surface area (Å²) in [4.78, 5) is 25.6. The smallest absolute Gasteiger partial charge is 0.269 e. The van der Waals surface area contributed by atoms with Crippen molar-refractivity contribution in [3.63, 3.8) is 0 Å². The highest BCUT2D eigenvalue weighted by molar-refractivity contribution is 6.32. The Labute approximate surface area is 128 Å². The molecular weight excluding hydrogens is 274 g/mol. The van der Waals surface area contributed by atoms with Gasteiger partial charge in [-0.25, -0.2) is 4.90 Å². The van der Waals surface area contributed by atoms with Crippen LogP contribution in [0.15, 0.2) is 66.2 Å². The van der Waals surface area contributed by atoms with E-state index in [1.807, 2.05) is 49.4 Å². The summed E-state index contributed by atoms with van der Waals surface area (Å²) < 4.78 is 0. The number of aryl methyl sites for hydroxylation is 1. The first-order chi connectivity index (χ1) is 10.6. The molecule has 0 radical (unpaired) electrons. The first-order valence-electron chi connectivity index (χ1n) is 6.89. The molecule has 1 aliphatic rings. The normalized spacial score (nSPS) is 13.7. The van der Waals surface area contributed by atoms with Gasteiger partial charge in [0.05, 0.1) is 11.3 Å². The van der Waals surface area contributed by atoms with Crippen molar-refractivity contribution in [2.24, 2.45) is 0 Å². The highest BCUT2D eigenvalue weighted by Gasteiger charge is 2.31. The van der Waals surface area contributed by atoms with Crippen LogP contribution < -0.4 is 4.90 Å². The Morgan fingerprint density at radius 2 is 1.55 bits per heavy atom. The zero-order valence-corrected chi connectivity index (χ0v) is 12.0. The maximum atomic E-state index is 12.4. The summed E-state index contributed by atoms with van der Waals surface area (Å²) in [6, 6.07) is 16.6. The topological polar surface area (TPSA) is 37.4 Å². The molecule has 0 aromatic heterocycles. The molecule has 2 aromatic rings. The first-order valence-corrected chi connectivity index (χ1v) is 6.89. The molecule has 0 atom stereocenters. The van der Waals surface area contributed by atoms with Gasteiger partial charge in [-0.05, 0) is 31.2 Å². The number of anilines is 1. The second kappa shape index (κ2) is 5.71. The molecule has 1 aliphatic heterocycles. The van der Waals surface area contributed by atoms with Gasteiger partial charge in [0.2, 0.25) is 0 Å². The molecule has 0 spiro atoms. The van der Waals surface area contributed by atoms with E-state index < -0.39 is 0 Å². The number of rotatable bonds is 1. The molecule has 0 bridgehead atoms. The van der Waals surface area contributed by atoms with Crippen LogP contribution >= 0.6 is 0 Å². The van der Waals surface area contributed by atoms with Crippen LogP contribution in [0.1, 0.15) is 11.1 Å². The summed E-state index contributed by atoms with van der Waals surface area (Å²) in [5.41, 5.74) is 2.65. The zero-order chi connectivity index (χ0) is 15.5. The summed E-state index contributed by atoms with van der Waals surface area (Å²) >= 11 is 0. The molecule has 3 nitrogen and oxygen atoms in total. The monoisotopic (exact) mass is 287 g/mol. The van der Waals surface area contributed by atoms with E-state index >= 15 is 0 Å². The van der Waals surface area contributed by atoms with Gasteiger partial charge >= 0.3 is 0 Å². The lowest BCUT2D eigenvalue weighted by molar-refractivity contribution is -0.120. The molecule has 3 rings (SSSR count). The van der Waals surface area contributed by atoms with Crippen LogP contribution in [0.2, 0.25) is 0 Å². The van der Waals surface area contributed by atoms with Crippen molar-refractivity contribution in [3.05, 3.63) is 77.4 Å². The Morgan fingerprint density at radius 3 is 2.23 bits per heavy atom. The number of nitrogens with zero attached hydrogens (tertiary/aromatic N) is 1. The molecule has 106 valence electrons. The highest BCUT2D eigenvalue weighted by atomic mass is 16.2.